The average molecular weight is 455 g/mol. The highest BCUT2D eigenvalue weighted by molar-refractivity contribution is 6.03. The van der Waals surface area contributed by atoms with Gasteiger partial charge in [-0.2, -0.15) is 5.10 Å². The number of nitrogens with zero attached hydrogens (tertiary/aromatic N) is 4. The molecule has 1 atom stereocenters. The summed E-state index contributed by atoms with van der Waals surface area (Å²) in [6, 6.07) is 24.3. The van der Waals surface area contributed by atoms with E-state index in [1.54, 1.807) is 12.1 Å². The van der Waals surface area contributed by atoms with Crippen LogP contribution in [0.4, 0.5) is 11.4 Å². The van der Waals surface area contributed by atoms with Crippen LogP contribution in [-0.4, -0.2) is 50.4 Å². The van der Waals surface area contributed by atoms with Gasteiger partial charge in [0.05, 0.1) is 36.8 Å². The summed E-state index contributed by atoms with van der Waals surface area (Å²) in [4.78, 5) is 18.1. The predicted octanol–water partition coefficient (Wildman–Crippen LogP) is 4.64. The van der Waals surface area contributed by atoms with Gasteiger partial charge in [0.2, 0.25) is 0 Å². The van der Waals surface area contributed by atoms with Gasteiger partial charge in [0.1, 0.15) is 5.75 Å². The molecule has 3 aromatic rings. The Morgan fingerprint density at radius 2 is 1.76 bits per heavy atom. The Balaban J connectivity index is 1.44. The van der Waals surface area contributed by atoms with Crippen LogP contribution in [0.3, 0.4) is 0 Å². The lowest BCUT2D eigenvalue weighted by molar-refractivity contribution is -0.131. The van der Waals surface area contributed by atoms with Gasteiger partial charge in [-0.3, -0.25) is 4.79 Å². The van der Waals surface area contributed by atoms with Crippen LogP contribution >= 0.6 is 0 Å². The van der Waals surface area contributed by atoms with Crippen molar-refractivity contribution in [3.8, 4) is 5.75 Å². The van der Waals surface area contributed by atoms with Crippen LogP contribution in [0.25, 0.3) is 0 Å². The zero-order valence-corrected chi connectivity index (χ0v) is 19.9. The van der Waals surface area contributed by atoms with Crippen LogP contribution in [0.2, 0.25) is 0 Å². The van der Waals surface area contributed by atoms with E-state index in [1.807, 2.05) is 42.5 Å². The topological polar surface area (TPSA) is 48.4 Å². The van der Waals surface area contributed by atoms with Crippen molar-refractivity contribution in [1.29, 1.82) is 0 Å². The van der Waals surface area contributed by atoms with Gasteiger partial charge in [-0.25, -0.2) is 5.01 Å². The first-order chi connectivity index (χ1) is 16.5. The lowest BCUT2D eigenvalue weighted by atomic mass is 9.98. The number of rotatable bonds is 5. The predicted molar refractivity (Wildman–Crippen MR) is 137 cm³/mol. The van der Waals surface area contributed by atoms with Crippen LogP contribution < -0.4 is 14.5 Å². The van der Waals surface area contributed by atoms with Crippen molar-refractivity contribution in [3.05, 3.63) is 89.5 Å². The van der Waals surface area contributed by atoms with Crippen LogP contribution in [-0.2, 0) is 4.79 Å². The van der Waals surface area contributed by atoms with Gasteiger partial charge >= 0.3 is 0 Å². The molecular formula is C28H30N4O2. The molecule has 6 nitrogen and oxygen atoms in total. The zero-order chi connectivity index (χ0) is 23.7. The summed E-state index contributed by atoms with van der Waals surface area (Å²) < 4.78 is 5.33. The molecule has 0 bridgehead atoms. The van der Waals surface area contributed by atoms with Gasteiger partial charge in [0.25, 0.3) is 5.91 Å². The third-order valence-corrected chi connectivity index (χ3v) is 6.69. The molecule has 2 heterocycles. The molecule has 174 valence electrons. The summed E-state index contributed by atoms with van der Waals surface area (Å²) in [6.45, 7) is 4.07. The molecule has 0 saturated heterocycles. The molecule has 5 rings (SSSR count). The number of carbonyl (C=O) groups is 1. The first-order valence-corrected chi connectivity index (χ1v) is 11.7. The Morgan fingerprint density at radius 1 is 1.00 bits per heavy atom. The number of hydrogen-bond acceptors (Lipinski definition) is 5. The molecule has 0 aromatic heterocycles. The molecule has 0 spiro atoms. The molecule has 3 aromatic carbocycles. The van der Waals surface area contributed by atoms with E-state index >= 15 is 0 Å². The summed E-state index contributed by atoms with van der Waals surface area (Å²) >= 11 is 0. The Morgan fingerprint density at radius 3 is 2.50 bits per heavy atom. The number of aryl methyl sites for hydroxylation is 1. The quantitative estimate of drug-likeness (QED) is 0.564. The molecule has 2 aliphatic heterocycles. The van der Waals surface area contributed by atoms with E-state index in [9.17, 15) is 4.79 Å². The summed E-state index contributed by atoms with van der Waals surface area (Å²) in [5.74, 6) is 0.802. The average Bonchev–Trinajstić information content (AvgIpc) is 3.32. The van der Waals surface area contributed by atoms with Crippen molar-refractivity contribution < 1.29 is 9.53 Å². The molecule has 0 aliphatic carbocycles. The number of anilines is 2. The van der Waals surface area contributed by atoms with E-state index in [4.69, 9.17) is 9.84 Å². The highest BCUT2D eigenvalue weighted by Crippen LogP contribution is 2.36. The molecule has 1 amide bonds. The number of fused-ring (bicyclic) bond motifs is 1. The monoisotopic (exact) mass is 454 g/mol. The largest absolute Gasteiger partial charge is 0.497 e. The van der Waals surface area contributed by atoms with Crippen molar-refractivity contribution in [2.24, 2.45) is 5.10 Å². The smallest absolute Gasteiger partial charge is 0.262 e. The minimum absolute atomic E-state index is 0.00262. The number of carbonyl (C=O) groups excluding carboxylic acids is 1. The fraction of sp³-hybridized carbons (Fsp3) is 0.286. The van der Waals surface area contributed by atoms with Gasteiger partial charge in [0, 0.05) is 26.6 Å². The zero-order valence-electron chi connectivity index (χ0n) is 19.9. The number of ether oxygens (including phenoxy) is 1. The number of likely N-dealkylation sites (N-methyl/N-ethyl adjacent to an activating group) is 1. The van der Waals surface area contributed by atoms with E-state index < -0.39 is 0 Å². The highest BCUT2D eigenvalue weighted by Gasteiger charge is 2.34. The second-order valence-electron chi connectivity index (χ2n) is 8.98. The minimum atomic E-state index is -0.140. The molecule has 1 unspecified atom stereocenters. The van der Waals surface area contributed by atoms with E-state index in [0.29, 0.717) is 13.0 Å². The van der Waals surface area contributed by atoms with Crippen molar-refractivity contribution in [3.63, 3.8) is 0 Å². The van der Waals surface area contributed by atoms with Gasteiger partial charge in [-0.05, 0) is 47.9 Å². The first kappa shape index (κ1) is 22.0. The fourth-order valence-corrected chi connectivity index (χ4v) is 4.75. The highest BCUT2D eigenvalue weighted by atomic mass is 16.5. The molecule has 0 radical (unpaired) electrons. The van der Waals surface area contributed by atoms with Crippen molar-refractivity contribution in [2.75, 3.05) is 43.6 Å². The molecule has 0 saturated carbocycles. The molecule has 6 heteroatoms. The van der Waals surface area contributed by atoms with E-state index in [0.717, 1.165) is 41.4 Å². The Labute approximate surface area is 201 Å². The third-order valence-electron chi connectivity index (χ3n) is 6.69. The lowest BCUT2D eigenvalue weighted by Crippen LogP contribution is -2.44. The van der Waals surface area contributed by atoms with Crippen LogP contribution in [0.1, 0.15) is 29.2 Å². The standard InChI is InChI=1S/C28H30N4O2/c1-20-9-14-25-27(17-20)30(2)15-16-31(25)19-28(33)32-26(22-10-12-23(34-3)13-11-22)18-24(29-32)21-7-5-4-6-8-21/h4-14,17,26H,15-16,18-19H2,1-3H3. The van der Waals surface area contributed by atoms with Crippen molar-refractivity contribution in [1.82, 2.24) is 5.01 Å². The number of hydrazone groups is 1. The fourth-order valence-electron chi connectivity index (χ4n) is 4.75. The minimum Gasteiger partial charge on any atom is -0.497 e. The summed E-state index contributed by atoms with van der Waals surface area (Å²) in [5, 5.41) is 6.53. The lowest BCUT2D eigenvalue weighted by Gasteiger charge is -2.37. The van der Waals surface area contributed by atoms with Crippen LogP contribution in [0.5, 0.6) is 5.75 Å². The van der Waals surface area contributed by atoms with Crippen molar-refractivity contribution >= 4 is 23.0 Å². The molecule has 0 fully saturated rings. The first-order valence-electron chi connectivity index (χ1n) is 11.7. The van der Waals surface area contributed by atoms with Crippen molar-refractivity contribution in [2.45, 2.75) is 19.4 Å². The SMILES string of the molecule is COc1ccc(C2CC(c3ccccc3)=NN2C(=O)CN2CCN(C)c3cc(C)ccc32)cc1. The Bertz CT molecular complexity index is 1210. The number of hydrogen-bond donors (Lipinski definition) is 0. The number of benzene rings is 3. The maximum absolute atomic E-state index is 13.7. The van der Waals surface area contributed by atoms with Gasteiger partial charge < -0.3 is 14.5 Å². The molecular weight excluding hydrogens is 424 g/mol. The number of amides is 1. The molecule has 34 heavy (non-hydrogen) atoms. The number of methoxy groups -OCH3 is 1. The summed E-state index contributed by atoms with van der Waals surface area (Å²) in [5.41, 5.74) is 6.52. The molecule has 2 aliphatic rings. The maximum atomic E-state index is 13.7. The van der Waals surface area contributed by atoms with Gasteiger partial charge in [0.15, 0.2) is 0 Å². The normalized spacial score (nSPS) is 17.4. The van der Waals surface area contributed by atoms with E-state index in [-0.39, 0.29) is 11.9 Å². The molecule has 0 N–H and O–H groups in total. The Hall–Kier alpha value is -3.80. The summed E-state index contributed by atoms with van der Waals surface area (Å²) in [7, 11) is 3.76. The summed E-state index contributed by atoms with van der Waals surface area (Å²) in [6.07, 6.45) is 0.681. The van der Waals surface area contributed by atoms with Gasteiger partial charge in [-0.1, -0.05) is 48.5 Å². The van der Waals surface area contributed by atoms with Crippen LogP contribution in [0, 0.1) is 6.92 Å². The Kier molecular flexibility index (Phi) is 5.97. The second-order valence-corrected chi connectivity index (χ2v) is 8.98. The maximum Gasteiger partial charge on any atom is 0.262 e. The van der Waals surface area contributed by atoms with Gasteiger partial charge in [-0.15, -0.1) is 0 Å². The van der Waals surface area contributed by atoms with E-state index in [1.165, 1.54) is 11.3 Å². The van der Waals surface area contributed by atoms with E-state index in [2.05, 4.69) is 54.1 Å². The van der Waals surface area contributed by atoms with Crippen LogP contribution in [0.15, 0.2) is 77.9 Å². The third kappa shape index (κ3) is 4.23. The second kappa shape index (κ2) is 9.21.